The zero-order valence-corrected chi connectivity index (χ0v) is 16.6. The van der Waals surface area contributed by atoms with Crippen LogP contribution in [0.2, 0.25) is 0 Å². The molecule has 0 atom stereocenters. The third-order valence-corrected chi connectivity index (χ3v) is 6.31. The number of nitrogens with one attached hydrogen (secondary N) is 2. The maximum absolute atomic E-state index is 12.5. The molecule has 3 rings (SSSR count). The predicted octanol–water partition coefficient (Wildman–Crippen LogP) is 3.49. The molecule has 136 valence electrons. The summed E-state index contributed by atoms with van der Waals surface area (Å²) in [5.74, 6) is 0.763. The van der Waals surface area contributed by atoms with E-state index in [0.717, 1.165) is 4.90 Å². The highest BCUT2D eigenvalue weighted by Crippen LogP contribution is 2.29. The number of hydroxylamine groups is 1. The van der Waals surface area contributed by atoms with Crippen molar-refractivity contribution < 1.29 is 9.63 Å². The van der Waals surface area contributed by atoms with Crippen molar-refractivity contribution in [2.24, 2.45) is 0 Å². The molecule has 2 heterocycles. The molecule has 26 heavy (non-hydrogen) atoms. The van der Waals surface area contributed by atoms with E-state index in [-0.39, 0.29) is 11.5 Å². The van der Waals surface area contributed by atoms with Gasteiger partial charge in [0.25, 0.3) is 11.5 Å². The number of fused-ring (bicyclic) bond motifs is 1. The summed E-state index contributed by atoms with van der Waals surface area (Å²) in [6.07, 6.45) is 0. The van der Waals surface area contributed by atoms with Crippen molar-refractivity contribution in [1.29, 1.82) is 0 Å². The smallest absolute Gasteiger partial charge is 0.285 e. The third kappa shape index (κ3) is 3.67. The lowest BCUT2D eigenvalue weighted by molar-refractivity contribution is 0.0541. The number of H-pyrrole nitrogens is 1. The molecular weight excluding hydrogens is 370 g/mol. The van der Waals surface area contributed by atoms with E-state index in [2.05, 4.69) is 52.3 Å². The number of aryl methyl sites for hydroxylation is 3. The van der Waals surface area contributed by atoms with Gasteiger partial charge < -0.3 is 4.98 Å². The van der Waals surface area contributed by atoms with Gasteiger partial charge in [0, 0.05) is 4.90 Å². The van der Waals surface area contributed by atoms with E-state index < -0.39 is 0 Å². The molecule has 0 aliphatic carbocycles. The number of rotatable bonds is 5. The number of thiophene rings is 1. The summed E-state index contributed by atoms with van der Waals surface area (Å²) in [4.78, 5) is 38.7. The Balaban J connectivity index is 1.92. The second kappa shape index (κ2) is 7.61. The Morgan fingerprint density at radius 3 is 2.85 bits per heavy atom. The number of nitrogens with zero attached hydrogens (tertiary/aromatic N) is 1. The van der Waals surface area contributed by atoms with Crippen molar-refractivity contribution in [3.8, 4) is 0 Å². The number of aromatic nitrogens is 2. The molecule has 0 fully saturated rings. The first-order valence-electron chi connectivity index (χ1n) is 7.96. The van der Waals surface area contributed by atoms with Crippen LogP contribution in [0.5, 0.6) is 0 Å². The second-order valence-electron chi connectivity index (χ2n) is 5.94. The minimum atomic E-state index is -0.376. The summed E-state index contributed by atoms with van der Waals surface area (Å²) in [5, 5.41) is 0.455. The number of benzene rings is 1. The molecule has 6 nitrogen and oxygen atoms in total. The Hall–Kier alpha value is -2.16. The highest BCUT2D eigenvalue weighted by atomic mass is 32.2. The summed E-state index contributed by atoms with van der Waals surface area (Å²) in [6.45, 7) is 5.85. The van der Waals surface area contributed by atoms with Crippen LogP contribution in [0.4, 0.5) is 0 Å². The number of carbonyl (C=O) groups is 1. The van der Waals surface area contributed by atoms with E-state index >= 15 is 0 Å². The van der Waals surface area contributed by atoms with E-state index in [1.54, 1.807) is 18.7 Å². The number of hydrogen-bond donors (Lipinski definition) is 2. The number of amides is 1. The highest BCUT2D eigenvalue weighted by molar-refractivity contribution is 7.98. The normalized spacial score (nSPS) is 11.1. The standard InChI is InChI=1S/C18H19N3O3S2/c1-9-5-6-10(2)12(7-9)25-8-13-19-16(22)14-11(3)15(17(23)21-24-4)26-18(14)20-13/h5-7H,8H2,1-4H3,(H,21,23)(H,19,20,22). The molecule has 2 N–H and O–H groups in total. The average molecular weight is 390 g/mol. The molecule has 0 spiro atoms. The topological polar surface area (TPSA) is 84.1 Å². The first-order valence-corrected chi connectivity index (χ1v) is 9.76. The fourth-order valence-corrected chi connectivity index (χ4v) is 4.70. The van der Waals surface area contributed by atoms with Gasteiger partial charge in [0.15, 0.2) is 0 Å². The van der Waals surface area contributed by atoms with Crippen LogP contribution in [0.3, 0.4) is 0 Å². The third-order valence-electron chi connectivity index (χ3n) is 3.96. The van der Waals surface area contributed by atoms with Gasteiger partial charge in [0.2, 0.25) is 0 Å². The maximum Gasteiger partial charge on any atom is 0.285 e. The fourth-order valence-electron chi connectivity index (χ4n) is 2.62. The molecule has 1 amide bonds. The maximum atomic E-state index is 12.5. The van der Waals surface area contributed by atoms with E-state index in [0.29, 0.717) is 32.2 Å². The summed E-state index contributed by atoms with van der Waals surface area (Å²) >= 11 is 2.82. The van der Waals surface area contributed by atoms with Gasteiger partial charge in [-0.25, -0.2) is 10.5 Å². The summed E-state index contributed by atoms with van der Waals surface area (Å²) in [6, 6.07) is 6.28. The van der Waals surface area contributed by atoms with Crippen LogP contribution in [0.25, 0.3) is 10.2 Å². The van der Waals surface area contributed by atoms with Crippen molar-refractivity contribution >= 4 is 39.2 Å². The molecule has 1 aromatic carbocycles. The molecule has 0 radical (unpaired) electrons. The van der Waals surface area contributed by atoms with Crippen molar-refractivity contribution in [3.63, 3.8) is 0 Å². The van der Waals surface area contributed by atoms with Crippen LogP contribution < -0.4 is 11.0 Å². The number of carbonyl (C=O) groups excluding carboxylic acids is 1. The molecule has 8 heteroatoms. The molecule has 0 saturated carbocycles. The molecule has 0 unspecified atom stereocenters. The monoisotopic (exact) mass is 389 g/mol. The first kappa shape index (κ1) is 18.6. The fraction of sp³-hybridized carbons (Fsp3) is 0.278. The zero-order valence-electron chi connectivity index (χ0n) is 14.9. The van der Waals surface area contributed by atoms with Crippen LogP contribution in [0, 0.1) is 20.8 Å². The molecule has 2 aromatic heterocycles. The van der Waals surface area contributed by atoms with Crippen molar-refractivity contribution in [2.45, 2.75) is 31.4 Å². The van der Waals surface area contributed by atoms with E-state index in [9.17, 15) is 9.59 Å². The molecule has 3 aromatic rings. The van der Waals surface area contributed by atoms with Gasteiger partial charge in [-0.1, -0.05) is 17.7 Å². The van der Waals surface area contributed by atoms with Crippen molar-refractivity contribution in [2.75, 3.05) is 7.11 Å². The number of thioether (sulfide) groups is 1. The Bertz CT molecular complexity index is 1040. The molecule has 0 aliphatic rings. The van der Waals surface area contributed by atoms with Crippen LogP contribution in [-0.2, 0) is 10.6 Å². The van der Waals surface area contributed by atoms with E-state index in [1.807, 2.05) is 0 Å². The van der Waals surface area contributed by atoms with Gasteiger partial charge >= 0.3 is 0 Å². The summed E-state index contributed by atoms with van der Waals surface area (Å²) < 4.78 is 0. The van der Waals surface area contributed by atoms with Gasteiger partial charge in [0.05, 0.1) is 23.1 Å². The quantitative estimate of drug-likeness (QED) is 0.515. The van der Waals surface area contributed by atoms with E-state index in [4.69, 9.17) is 0 Å². The average Bonchev–Trinajstić information content (AvgIpc) is 2.93. The van der Waals surface area contributed by atoms with Crippen LogP contribution in [-0.4, -0.2) is 23.0 Å². The lowest BCUT2D eigenvalue weighted by Gasteiger charge is -2.06. The van der Waals surface area contributed by atoms with Gasteiger partial charge in [-0.3, -0.25) is 14.4 Å². The SMILES string of the molecule is CONC(=O)c1sc2nc(CSc3cc(C)ccc3C)[nH]c(=O)c2c1C. The minimum absolute atomic E-state index is 0.225. The highest BCUT2D eigenvalue weighted by Gasteiger charge is 2.19. The number of hydrogen-bond acceptors (Lipinski definition) is 6. The molecule has 0 saturated heterocycles. The molecule has 0 aliphatic heterocycles. The van der Waals surface area contributed by atoms with Gasteiger partial charge in [-0.05, 0) is 38.0 Å². The lowest BCUT2D eigenvalue weighted by Crippen LogP contribution is -2.21. The molecular formula is C18H19N3O3S2. The van der Waals surface area contributed by atoms with Crippen molar-refractivity contribution in [3.05, 3.63) is 55.9 Å². The Morgan fingerprint density at radius 1 is 1.35 bits per heavy atom. The Morgan fingerprint density at radius 2 is 2.12 bits per heavy atom. The van der Waals surface area contributed by atoms with E-state index in [1.165, 1.54) is 29.6 Å². The zero-order chi connectivity index (χ0) is 18.8. The summed E-state index contributed by atoms with van der Waals surface area (Å²) in [5.41, 5.74) is 5.05. The summed E-state index contributed by atoms with van der Waals surface area (Å²) in [7, 11) is 1.37. The predicted molar refractivity (Wildman–Crippen MR) is 105 cm³/mol. The second-order valence-corrected chi connectivity index (χ2v) is 7.96. The largest absolute Gasteiger partial charge is 0.309 e. The lowest BCUT2D eigenvalue weighted by atomic mass is 10.2. The van der Waals surface area contributed by atoms with Crippen molar-refractivity contribution in [1.82, 2.24) is 15.4 Å². The Labute approximate surface area is 159 Å². The Kier molecular flexibility index (Phi) is 5.45. The van der Waals surface area contributed by atoms with Crippen LogP contribution >= 0.6 is 23.1 Å². The minimum Gasteiger partial charge on any atom is -0.309 e. The van der Waals surface area contributed by atoms with Crippen LogP contribution in [0.15, 0.2) is 27.9 Å². The first-order chi connectivity index (χ1) is 12.4. The molecule has 0 bridgehead atoms. The number of aromatic amines is 1. The van der Waals surface area contributed by atoms with Gasteiger partial charge in [-0.15, -0.1) is 23.1 Å². The van der Waals surface area contributed by atoms with Gasteiger partial charge in [-0.2, -0.15) is 0 Å². The van der Waals surface area contributed by atoms with Gasteiger partial charge in [0.1, 0.15) is 10.7 Å². The van der Waals surface area contributed by atoms with Crippen LogP contribution in [0.1, 0.15) is 32.2 Å².